The van der Waals surface area contributed by atoms with Crippen molar-refractivity contribution in [3.8, 4) is 0 Å². The van der Waals surface area contributed by atoms with Crippen LogP contribution in [0, 0.1) is 0 Å². The normalized spacial score (nSPS) is 25.1. The molecule has 4 nitrogen and oxygen atoms in total. The minimum atomic E-state index is -10.7. The van der Waals surface area contributed by atoms with E-state index in [1.807, 2.05) is 12.4 Å². The van der Waals surface area contributed by atoms with E-state index < -0.39 is 15.6 Å². The van der Waals surface area contributed by atoms with E-state index in [2.05, 4.69) is 73.2 Å². The van der Waals surface area contributed by atoms with Gasteiger partial charge < -0.3 is 0 Å². The van der Waals surface area contributed by atoms with Crippen molar-refractivity contribution in [3.63, 3.8) is 0 Å². The van der Waals surface area contributed by atoms with Crippen molar-refractivity contribution in [1.82, 2.24) is 0 Å². The Labute approximate surface area is 224 Å². The van der Waals surface area contributed by atoms with Gasteiger partial charge in [-0.3, -0.25) is 0 Å². The predicted molar refractivity (Wildman–Crippen MR) is 136 cm³/mol. The molecule has 0 radical (unpaired) electrons. The van der Waals surface area contributed by atoms with Crippen molar-refractivity contribution in [1.29, 1.82) is 0 Å². The number of aliphatic imine (C=N–C) groups is 2. The van der Waals surface area contributed by atoms with Crippen LogP contribution in [0.25, 0.3) is 0 Å². The van der Waals surface area contributed by atoms with Crippen molar-refractivity contribution >= 4 is 28.3 Å². The van der Waals surface area contributed by atoms with Gasteiger partial charge in [0, 0.05) is 11.1 Å². The molecule has 2 heterocycles. The molecular formula is C22H32F12N4P2. The first-order valence-corrected chi connectivity index (χ1v) is 16.0. The summed E-state index contributed by atoms with van der Waals surface area (Å²) in [5.74, 6) is 0. The first-order chi connectivity index (χ1) is 17.6. The molecule has 0 amide bonds. The van der Waals surface area contributed by atoms with Crippen LogP contribution in [0.5, 0.6) is 0 Å². The summed E-state index contributed by atoms with van der Waals surface area (Å²) in [6.07, 6.45) is 17.4. The number of hydrogen-bond acceptors (Lipinski definition) is 2. The van der Waals surface area contributed by atoms with E-state index >= 15 is 0 Å². The van der Waals surface area contributed by atoms with E-state index in [1.165, 1.54) is 36.8 Å². The van der Waals surface area contributed by atoms with Crippen LogP contribution in [-0.2, 0) is 13.1 Å². The SMILES string of the molecule is CCCC[N+]1(Cc2ccc(C[N+]3(CCCC)C=CN=C3)cc2)C=CN=C1.F[P-](F)(F)(F)(F)F.F[P-](F)(F)(F)(F)F. The van der Waals surface area contributed by atoms with Gasteiger partial charge in [0.25, 0.3) is 0 Å². The molecule has 2 aliphatic rings. The zero-order valence-electron chi connectivity index (χ0n) is 21.6. The molecule has 2 atom stereocenters. The Morgan fingerprint density at radius 1 is 0.550 bits per heavy atom. The van der Waals surface area contributed by atoms with Crippen molar-refractivity contribution in [2.45, 2.75) is 52.6 Å². The van der Waals surface area contributed by atoms with Gasteiger partial charge in [-0.2, -0.15) is 0 Å². The average molecular weight is 642 g/mol. The molecule has 2 unspecified atom stereocenters. The second-order valence-electron chi connectivity index (χ2n) is 9.53. The van der Waals surface area contributed by atoms with E-state index in [4.69, 9.17) is 0 Å². The molecule has 0 spiro atoms. The maximum absolute atomic E-state index is 10.7. The number of unbranched alkanes of at least 4 members (excludes halogenated alkanes) is 2. The summed E-state index contributed by atoms with van der Waals surface area (Å²) in [6.45, 7) is 8.70. The number of benzene rings is 1. The third kappa shape index (κ3) is 20.8. The molecule has 1 aromatic rings. The number of hydrogen-bond donors (Lipinski definition) is 0. The fourth-order valence-corrected chi connectivity index (χ4v) is 3.71. The van der Waals surface area contributed by atoms with Gasteiger partial charge in [0.1, 0.15) is 25.5 Å². The summed E-state index contributed by atoms with van der Waals surface area (Å²) in [5.41, 5.74) is 2.74. The van der Waals surface area contributed by atoms with Gasteiger partial charge in [0.05, 0.1) is 25.5 Å². The number of rotatable bonds is 10. The molecule has 1 aromatic carbocycles. The summed E-state index contributed by atoms with van der Waals surface area (Å²) < 4.78 is 120. The Morgan fingerprint density at radius 2 is 0.825 bits per heavy atom. The van der Waals surface area contributed by atoms with Crippen LogP contribution in [0.15, 0.2) is 59.1 Å². The van der Waals surface area contributed by atoms with Crippen LogP contribution in [0.1, 0.15) is 50.7 Å². The van der Waals surface area contributed by atoms with Crippen molar-refractivity contribution < 1.29 is 59.3 Å². The van der Waals surface area contributed by atoms with Crippen LogP contribution >= 0.6 is 15.6 Å². The zero-order valence-corrected chi connectivity index (χ0v) is 23.4. The van der Waals surface area contributed by atoms with Crippen LogP contribution in [-0.4, -0.2) is 34.7 Å². The molecule has 3 rings (SSSR count). The molecule has 0 bridgehead atoms. The van der Waals surface area contributed by atoms with Gasteiger partial charge in [0.15, 0.2) is 12.7 Å². The van der Waals surface area contributed by atoms with E-state index in [0.29, 0.717) is 0 Å². The summed E-state index contributed by atoms with van der Waals surface area (Å²) in [5, 5.41) is 0. The third-order valence-electron chi connectivity index (χ3n) is 5.33. The average Bonchev–Trinajstić information content (AvgIpc) is 3.38. The standard InChI is InChI=1S/C22H32N4.2F6P/c1-3-5-13-25(15-11-23-19-25)17-21-7-9-22(10-8-21)18-26(14-6-4-2)16-12-24-20-26;2*1-7(2,3,4,5)6/h7-12,15-16,19-20H,3-6,13-14,17-18H2,1-2H3;;/q+2;2*-1. The Morgan fingerprint density at radius 3 is 1.02 bits per heavy atom. The fraction of sp³-hybridized carbons (Fsp3) is 0.455. The molecule has 40 heavy (non-hydrogen) atoms. The van der Waals surface area contributed by atoms with E-state index in [0.717, 1.165) is 35.1 Å². The summed E-state index contributed by atoms with van der Waals surface area (Å²) in [4.78, 5) is 8.70. The molecule has 0 aliphatic carbocycles. The molecule has 0 saturated heterocycles. The molecule has 0 aromatic heterocycles. The monoisotopic (exact) mass is 642 g/mol. The minimum absolute atomic E-state index is 0.846. The van der Waals surface area contributed by atoms with E-state index in [1.54, 1.807) is 0 Å². The first-order valence-electron chi connectivity index (χ1n) is 12.0. The van der Waals surface area contributed by atoms with Crippen molar-refractivity contribution in [2.75, 3.05) is 13.1 Å². The Hall–Kier alpha value is -2.02. The van der Waals surface area contributed by atoms with Crippen LogP contribution in [0.2, 0.25) is 0 Å². The molecule has 234 valence electrons. The third-order valence-corrected chi connectivity index (χ3v) is 5.33. The fourth-order valence-electron chi connectivity index (χ4n) is 3.71. The van der Waals surface area contributed by atoms with Gasteiger partial charge in [-0.05, 0) is 12.8 Å². The Bertz CT molecular complexity index is 973. The molecule has 18 heteroatoms. The van der Waals surface area contributed by atoms with Crippen LogP contribution in [0.4, 0.5) is 50.4 Å². The van der Waals surface area contributed by atoms with Crippen LogP contribution in [0.3, 0.4) is 0 Å². The number of nitrogens with zero attached hydrogens (tertiary/aromatic N) is 4. The summed E-state index contributed by atoms with van der Waals surface area (Å²) >= 11 is 0. The molecule has 0 N–H and O–H groups in total. The quantitative estimate of drug-likeness (QED) is 0.138. The summed E-state index contributed by atoms with van der Waals surface area (Å²) in [7, 11) is -21.3. The summed E-state index contributed by atoms with van der Waals surface area (Å²) in [6, 6.07) is 9.14. The Kier molecular flexibility index (Phi) is 9.90. The first kappa shape index (κ1) is 36.0. The van der Waals surface area contributed by atoms with Gasteiger partial charge in [-0.1, -0.05) is 51.0 Å². The van der Waals surface area contributed by atoms with Gasteiger partial charge >= 0.3 is 66.0 Å². The second kappa shape index (κ2) is 11.0. The Balaban J connectivity index is 0.000000473. The molecule has 2 aliphatic heterocycles. The number of quaternary nitrogens is 2. The topological polar surface area (TPSA) is 24.7 Å². The van der Waals surface area contributed by atoms with Gasteiger partial charge in [0.2, 0.25) is 0 Å². The second-order valence-corrected chi connectivity index (χ2v) is 13.4. The van der Waals surface area contributed by atoms with Crippen molar-refractivity contribution in [2.24, 2.45) is 9.98 Å². The van der Waals surface area contributed by atoms with Gasteiger partial charge in [-0.15, -0.1) is 0 Å². The predicted octanol–water partition coefficient (Wildman–Crippen LogP) is 11.7. The maximum atomic E-state index is 9.87. The molecule has 0 fully saturated rings. The number of halogens is 12. The van der Waals surface area contributed by atoms with Crippen LogP contribution < -0.4 is 0 Å². The van der Waals surface area contributed by atoms with E-state index in [-0.39, 0.29) is 0 Å². The van der Waals surface area contributed by atoms with Crippen molar-refractivity contribution in [3.05, 3.63) is 60.2 Å². The zero-order chi connectivity index (χ0) is 31.1. The molecule has 0 saturated carbocycles. The van der Waals surface area contributed by atoms with Gasteiger partial charge in [-0.25, -0.2) is 19.0 Å². The molecular weight excluding hydrogens is 610 g/mol. The van der Waals surface area contributed by atoms with E-state index in [9.17, 15) is 50.4 Å².